The van der Waals surface area contributed by atoms with E-state index in [4.69, 9.17) is 11.6 Å². The van der Waals surface area contributed by atoms with Crippen LogP contribution in [0.15, 0.2) is 72.9 Å². The lowest BCUT2D eigenvalue weighted by Crippen LogP contribution is -2.49. The summed E-state index contributed by atoms with van der Waals surface area (Å²) in [6, 6.07) is 20.9. The zero-order chi connectivity index (χ0) is 24.9. The van der Waals surface area contributed by atoms with Crippen LogP contribution in [0.2, 0.25) is 5.02 Å². The van der Waals surface area contributed by atoms with Gasteiger partial charge in [0, 0.05) is 67.8 Å². The Labute approximate surface area is 216 Å². The van der Waals surface area contributed by atoms with Crippen molar-refractivity contribution in [2.75, 3.05) is 49.1 Å². The van der Waals surface area contributed by atoms with E-state index in [2.05, 4.69) is 20.1 Å². The quantitative estimate of drug-likeness (QED) is 0.568. The van der Waals surface area contributed by atoms with Crippen LogP contribution in [0.4, 0.5) is 11.5 Å². The molecule has 3 heterocycles. The Balaban J connectivity index is 1.19. The molecule has 7 nitrogen and oxygen atoms in total. The van der Waals surface area contributed by atoms with Gasteiger partial charge in [-0.15, -0.1) is 0 Å². The Bertz CT molecular complexity index is 1210. The Hall–Kier alpha value is -3.58. The molecule has 8 heteroatoms. The van der Waals surface area contributed by atoms with Gasteiger partial charge >= 0.3 is 0 Å². The van der Waals surface area contributed by atoms with Crippen LogP contribution in [0, 0.1) is 0 Å². The van der Waals surface area contributed by atoms with Crippen molar-refractivity contribution >= 4 is 34.9 Å². The second-order valence-corrected chi connectivity index (χ2v) is 9.67. The molecule has 1 aromatic heterocycles. The third-order valence-electron chi connectivity index (χ3n) is 6.93. The van der Waals surface area contributed by atoms with Crippen molar-refractivity contribution in [3.8, 4) is 0 Å². The van der Waals surface area contributed by atoms with Crippen LogP contribution >= 0.6 is 11.6 Å². The van der Waals surface area contributed by atoms with E-state index in [1.54, 1.807) is 30.5 Å². The predicted molar refractivity (Wildman–Crippen MR) is 143 cm³/mol. The average molecular weight is 504 g/mol. The maximum absolute atomic E-state index is 13.5. The van der Waals surface area contributed by atoms with Crippen molar-refractivity contribution < 1.29 is 9.59 Å². The van der Waals surface area contributed by atoms with Gasteiger partial charge < -0.3 is 20.0 Å². The predicted octanol–water partition coefficient (Wildman–Crippen LogP) is 4.10. The molecule has 2 aliphatic rings. The number of anilines is 2. The molecular formula is C28H30ClN5O2. The van der Waals surface area contributed by atoms with E-state index in [1.807, 2.05) is 47.4 Å². The highest BCUT2D eigenvalue weighted by atomic mass is 35.5. The fourth-order valence-electron chi connectivity index (χ4n) is 4.94. The van der Waals surface area contributed by atoms with Gasteiger partial charge in [0.2, 0.25) is 0 Å². The summed E-state index contributed by atoms with van der Waals surface area (Å²) in [5.74, 6) is 0.925. The molecule has 2 saturated heterocycles. The molecule has 0 spiro atoms. The fourth-order valence-corrected chi connectivity index (χ4v) is 5.13. The van der Waals surface area contributed by atoms with Gasteiger partial charge in [-0.1, -0.05) is 35.9 Å². The van der Waals surface area contributed by atoms with Crippen LogP contribution in [0.5, 0.6) is 0 Å². The van der Waals surface area contributed by atoms with Crippen LogP contribution in [0.3, 0.4) is 0 Å². The summed E-state index contributed by atoms with van der Waals surface area (Å²) in [4.78, 5) is 37.0. The SMILES string of the molecule is O=C(NC1CCN(c2ccccc2C(=O)N2CCN(c3ccccn3)CC2)CC1)c1cccc(Cl)c1. The number of halogens is 1. The summed E-state index contributed by atoms with van der Waals surface area (Å²) in [5.41, 5.74) is 2.28. The second-order valence-electron chi connectivity index (χ2n) is 9.23. The molecule has 0 atom stereocenters. The number of amides is 2. The first-order valence-electron chi connectivity index (χ1n) is 12.4. The number of benzene rings is 2. The third kappa shape index (κ3) is 5.46. The Morgan fingerprint density at radius 1 is 0.833 bits per heavy atom. The minimum absolute atomic E-state index is 0.0719. The Morgan fingerprint density at radius 3 is 2.31 bits per heavy atom. The summed E-state index contributed by atoms with van der Waals surface area (Å²) in [6.07, 6.45) is 3.43. The molecule has 0 bridgehead atoms. The van der Waals surface area contributed by atoms with Crippen molar-refractivity contribution in [1.82, 2.24) is 15.2 Å². The zero-order valence-corrected chi connectivity index (χ0v) is 20.9. The molecule has 2 aliphatic heterocycles. The minimum atomic E-state index is -0.101. The van der Waals surface area contributed by atoms with Crippen LogP contribution in [-0.4, -0.2) is 67.0 Å². The molecule has 5 rings (SSSR count). The van der Waals surface area contributed by atoms with Crippen molar-refractivity contribution in [3.63, 3.8) is 0 Å². The zero-order valence-electron chi connectivity index (χ0n) is 20.1. The number of nitrogens with one attached hydrogen (secondary N) is 1. The van der Waals surface area contributed by atoms with Crippen LogP contribution in [0.25, 0.3) is 0 Å². The molecular weight excluding hydrogens is 474 g/mol. The largest absolute Gasteiger partial charge is 0.371 e. The molecule has 36 heavy (non-hydrogen) atoms. The summed E-state index contributed by atoms with van der Waals surface area (Å²) in [7, 11) is 0. The second kappa shape index (κ2) is 11.0. The number of nitrogens with zero attached hydrogens (tertiary/aromatic N) is 4. The first kappa shape index (κ1) is 24.1. The fraction of sp³-hybridized carbons (Fsp3) is 0.321. The highest BCUT2D eigenvalue weighted by Crippen LogP contribution is 2.26. The molecule has 0 unspecified atom stereocenters. The lowest BCUT2D eigenvalue weighted by molar-refractivity contribution is 0.0747. The van der Waals surface area contributed by atoms with Gasteiger partial charge in [-0.05, 0) is 55.3 Å². The van der Waals surface area contributed by atoms with Gasteiger partial charge in [0.05, 0.1) is 5.56 Å². The first-order chi connectivity index (χ1) is 17.6. The Morgan fingerprint density at radius 2 is 1.58 bits per heavy atom. The molecule has 0 aliphatic carbocycles. The van der Waals surface area contributed by atoms with Crippen molar-refractivity contribution in [1.29, 1.82) is 0 Å². The minimum Gasteiger partial charge on any atom is -0.371 e. The highest BCUT2D eigenvalue weighted by Gasteiger charge is 2.28. The van der Waals surface area contributed by atoms with Gasteiger partial charge in [-0.3, -0.25) is 9.59 Å². The molecule has 2 fully saturated rings. The molecule has 3 aromatic rings. The van der Waals surface area contributed by atoms with E-state index < -0.39 is 0 Å². The number of pyridine rings is 1. The third-order valence-corrected chi connectivity index (χ3v) is 7.17. The van der Waals surface area contributed by atoms with Crippen molar-refractivity contribution in [2.45, 2.75) is 18.9 Å². The van der Waals surface area contributed by atoms with E-state index in [1.165, 1.54) is 0 Å². The van der Waals surface area contributed by atoms with Crippen LogP contribution in [-0.2, 0) is 0 Å². The smallest absolute Gasteiger partial charge is 0.256 e. The lowest BCUT2D eigenvalue weighted by Gasteiger charge is -2.37. The number of hydrogen-bond donors (Lipinski definition) is 1. The maximum Gasteiger partial charge on any atom is 0.256 e. The monoisotopic (exact) mass is 503 g/mol. The van der Waals surface area contributed by atoms with Gasteiger partial charge in [-0.2, -0.15) is 0 Å². The molecule has 2 aromatic carbocycles. The van der Waals surface area contributed by atoms with Gasteiger partial charge in [0.15, 0.2) is 0 Å². The summed E-state index contributed by atoms with van der Waals surface area (Å²) < 4.78 is 0. The number of para-hydroxylation sites is 1. The first-order valence-corrected chi connectivity index (χ1v) is 12.8. The standard InChI is InChI=1S/C28H30ClN5O2/c29-22-7-5-6-21(20-22)27(35)31-23-11-14-32(15-12-23)25-9-2-1-8-24(25)28(36)34-18-16-33(17-19-34)26-10-3-4-13-30-26/h1-10,13,20,23H,11-12,14-19H2,(H,31,35). The molecule has 0 saturated carbocycles. The molecule has 2 amide bonds. The molecule has 1 N–H and O–H groups in total. The summed E-state index contributed by atoms with van der Waals surface area (Å²) in [5, 5.41) is 3.68. The number of carbonyl (C=O) groups excluding carboxylic acids is 2. The van der Waals surface area contributed by atoms with E-state index in [0.29, 0.717) is 23.7 Å². The van der Waals surface area contributed by atoms with Crippen molar-refractivity contribution in [3.05, 3.63) is 89.1 Å². The summed E-state index contributed by atoms with van der Waals surface area (Å²) in [6.45, 7) is 4.42. The van der Waals surface area contributed by atoms with E-state index >= 15 is 0 Å². The van der Waals surface area contributed by atoms with Gasteiger partial charge in [0.25, 0.3) is 11.8 Å². The number of piperazine rings is 1. The number of carbonyl (C=O) groups is 2. The molecule has 0 radical (unpaired) electrons. The Kier molecular flexibility index (Phi) is 7.37. The van der Waals surface area contributed by atoms with Gasteiger partial charge in [0.1, 0.15) is 5.82 Å². The van der Waals surface area contributed by atoms with E-state index in [-0.39, 0.29) is 17.9 Å². The van der Waals surface area contributed by atoms with E-state index in [9.17, 15) is 9.59 Å². The number of aromatic nitrogens is 1. The highest BCUT2D eigenvalue weighted by molar-refractivity contribution is 6.30. The lowest BCUT2D eigenvalue weighted by atomic mass is 10.0. The molecule has 186 valence electrons. The van der Waals surface area contributed by atoms with E-state index in [0.717, 1.165) is 56.1 Å². The number of piperidine rings is 1. The topological polar surface area (TPSA) is 68.8 Å². The van der Waals surface area contributed by atoms with Crippen molar-refractivity contribution in [2.24, 2.45) is 0 Å². The number of rotatable bonds is 5. The average Bonchev–Trinajstić information content (AvgIpc) is 2.94. The maximum atomic E-state index is 13.5. The number of hydrogen-bond acceptors (Lipinski definition) is 5. The van der Waals surface area contributed by atoms with Gasteiger partial charge in [-0.25, -0.2) is 4.98 Å². The normalized spacial score (nSPS) is 16.6. The summed E-state index contributed by atoms with van der Waals surface area (Å²) >= 11 is 6.03. The van der Waals surface area contributed by atoms with Crippen LogP contribution < -0.4 is 15.1 Å². The van der Waals surface area contributed by atoms with Crippen LogP contribution in [0.1, 0.15) is 33.6 Å².